The largest absolute Gasteiger partial charge is 0.465 e. The molecule has 0 bridgehead atoms. The molecule has 3 fully saturated rings. The lowest BCUT2D eigenvalue weighted by atomic mass is 9.80. The fourth-order valence-corrected chi connectivity index (χ4v) is 5.58. The summed E-state index contributed by atoms with van der Waals surface area (Å²) in [4.78, 5) is 41.9. The van der Waals surface area contributed by atoms with Gasteiger partial charge >= 0.3 is 6.09 Å². The number of carboxylic acid groups (broad SMARTS) is 1. The van der Waals surface area contributed by atoms with E-state index >= 15 is 0 Å². The van der Waals surface area contributed by atoms with E-state index in [0.717, 1.165) is 5.56 Å². The molecule has 1 aliphatic carbocycles. The number of halogens is 4. The van der Waals surface area contributed by atoms with E-state index in [9.17, 15) is 28.3 Å². The zero-order chi connectivity index (χ0) is 24.8. The Morgan fingerprint density at radius 2 is 1.62 bits per heavy atom. The molecule has 1 saturated carbocycles. The maximum absolute atomic E-state index is 13.3. The Labute approximate surface area is 206 Å². The first-order valence-electron chi connectivity index (χ1n) is 11.3. The second-order valence-corrected chi connectivity index (χ2v) is 10.4. The van der Waals surface area contributed by atoms with Gasteiger partial charge in [0.2, 0.25) is 17.7 Å². The van der Waals surface area contributed by atoms with Crippen LogP contribution in [0.2, 0.25) is 10.0 Å². The van der Waals surface area contributed by atoms with Gasteiger partial charge in [-0.1, -0.05) is 29.3 Å². The van der Waals surface area contributed by atoms with Gasteiger partial charge in [-0.2, -0.15) is 0 Å². The van der Waals surface area contributed by atoms with Crippen LogP contribution in [0.25, 0.3) is 0 Å². The van der Waals surface area contributed by atoms with Crippen molar-refractivity contribution in [2.75, 3.05) is 33.2 Å². The number of nitrogens with zero attached hydrogens (tertiary/aromatic N) is 3. The number of benzene rings is 1. The minimum Gasteiger partial charge on any atom is -0.465 e. The van der Waals surface area contributed by atoms with Gasteiger partial charge in [-0.15, -0.1) is 0 Å². The fraction of sp³-hybridized carbons (Fsp3) is 0.609. The standard InChI is InChI=1S/C23H27Cl2F2N3O4/c1-28(22(33)34)19-12-30(11-16(19)14-2-3-17(24)18(25)8-14)20(31)13-4-6-29(7-5-13)21(32)15-9-23(26,27)10-15/h2-3,8,13,15-16,19H,4-7,9-12H2,1H3,(H,33,34)/t16-,19+/m0/s1. The Bertz CT molecular complexity index is 979. The van der Waals surface area contributed by atoms with Crippen molar-refractivity contribution < 1.29 is 28.3 Å². The molecular weight excluding hydrogens is 491 g/mol. The van der Waals surface area contributed by atoms with E-state index in [4.69, 9.17) is 23.2 Å². The predicted octanol–water partition coefficient (Wildman–Crippen LogP) is 4.18. The molecule has 7 nitrogen and oxygen atoms in total. The lowest BCUT2D eigenvalue weighted by Gasteiger charge is -2.40. The molecule has 0 radical (unpaired) electrons. The third-order valence-corrected chi connectivity index (χ3v) is 8.11. The first kappa shape index (κ1) is 25.0. The van der Waals surface area contributed by atoms with Gasteiger partial charge in [-0.25, -0.2) is 13.6 Å². The van der Waals surface area contributed by atoms with Crippen molar-refractivity contribution >= 4 is 41.1 Å². The average Bonchev–Trinajstić information content (AvgIpc) is 3.23. The van der Waals surface area contributed by atoms with Gasteiger partial charge in [0.25, 0.3) is 0 Å². The molecule has 0 spiro atoms. The number of alkyl halides is 2. The summed E-state index contributed by atoms with van der Waals surface area (Å²) < 4.78 is 26.2. The molecule has 186 valence electrons. The molecule has 1 aromatic rings. The maximum Gasteiger partial charge on any atom is 0.407 e. The average molecular weight is 518 g/mol. The minimum absolute atomic E-state index is 0.0753. The van der Waals surface area contributed by atoms with Crippen molar-refractivity contribution in [1.29, 1.82) is 0 Å². The Kier molecular flexibility index (Phi) is 6.97. The molecule has 1 aromatic carbocycles. The van der Waals surface area contributed by atoms with Crippen LogP contribution in [0.3, 0.4) is 0 Å². The smallest absolute Gasteiger partial charge is 0.407 e. The first-order chi connectivity index (χ1) is 16.0. The number of piperidine rings is 1. The summed E-state index contributed by atoms with van der Waals surface area (Å²) in [6, 6.07) is 4.72. The highest BCUT2D eigenvalue weighted by Crippen LogP contribution is 2.43. The number of rotatable bonds is 4. The predicted molar refractivity (Wildman–Crippen MR) is 122 cm³/mol. The highest BCUT2D eigenvalue weighted by molar-refractivity contribution is 6.42. The Morgan fingerprint density at radius 1 is 1.00 bits per heavy atom. The van der Waals surface area contributed by atoms with Crippen LogP contribution in [0.15, 0.2) is 18.2 Å². The molecule has 2 saturated heterocycles. The van der Waals surface area contributed by atoms with Crippen LogP contribution in [-0.2, 0) is 9.59 Å². The summed E-state index contributed by atoms with van der Waals surface area (Å²) in [5.41, 5.74) is 0.806. The molecule has 1 N–H and O–H groups in total. The number of carbonyl (C=O) groups is 3. The molecule has 0 aromatic heterocycles. The summed E-state index contributed by atoms with van der Waals surface area (Å²) in [6.07, 6.45) is -0.958. The number of hydrogen-bond acceptors (Lipinski definition) is 3. The third-order valence-electron chi connectivity index (χ3n) is 7.37. The summed E-state index contributed by atoms with van der Waals surface area (Å²) >= 11 is 12.2. The van der Waals surface area contributed by atoms with Gasteiger partial charge in [-0.05, 0) is 30.5 Å². The summed E-state index contributed by atoms with van der Waals surface area (Å²) in [6.45, 7) is 1.32. The molecule has 3 amide bonds. The van der Waals surface area contributed by atoms with Gasteiger partial charge in [0, 0.05) is 63.8 Å². The second-order valence-electron chi connectivity index (χ2n) is 9.54. The van der Waals surface area contributed by atoms with Gasteiger partial charge in [0.05, 0.1) is 16.1 Å². The van der Waals surface area contributed by atoms with Crippen LogP contribution in [0.4, 0.5) is 13.6 Å². The highest BCUT2D eigenvalue weighted by atomic mass is 35.5. The normalized spacial score (nSPS) is 25.2. The molecule has 34 heavy (non-hydrogen) atoms. The van der Waals surface area contributed by atoms with Gasteiger partial charge in [0.15, 0.2) is 0 Å². The fourth-order valence-electron chi connectivity index (χ4n) is 5.27. The number of likely N-dealkylation sites (tertiary alicyclic amines) is 2. The number of likely N-dealkylation sites (N-methyl/N-ethyl adjacent to an activating group) is 1. The van der Waals surface area contributed by atoms with E-state index in [1.165, 1.54) is 11.9 Å². The monoisotopic (exact) mass is 517 g/mol. The summed E-state index contributed by atoms with van der Waals surface area (Å²) in [5.74, 6) is -4.25. The van der Waals surface area contributed by atoms with E-state index < -0.39 is 36.8 Å². The van der Waals surface area contributed by atoms with Crippen LogP contribution in [0, 0.1) is 11.8 Å². The van der Waals surface area contributed by atoms with Gasteiger partial charge < -0.3 is 19.8 Å². The second kappa shape index (κ2) is 9.49. The summed E-state index contributed by atoms with van der Waals surface area (Å²) in [7, 11) is 1.49. The number of amides is 3. The van der Waals surface area contributed by atoms with Crippen molar-refractivity contribution in [3.63, 3.8) is 0 Å². The van der Waals surface area contributed by atoms with Crippen LogP contribution in [0.5, 0.6) is 0 Å². The molecule has 2 heterocycles. The highest BCUT2D eigenvalue weighted by Gasteiger charge is 2.50. The van der Waals surface area contributed by atoms with Gasteiger partial charge in [0.1, 0.15) is 0 Å². The molecule has 2 aliphatic heterocycles. The van der Waals surface area contributed by atoms with Crippen molar-refractivity contribution in [3.05, 3.63) is 33.8 Å². The number of carbonyl (C=O) groups excluding carboxylic acids is 2. The SMILES string of the molecule is CN(C(=O)O)[C@@H]1CN(C(=O)C2CCN(C(=O)C3CC(F)(F)C3)CC2)C[C@H]1c1ccc(Cl)c(Cl)c1. The third kappa shape index (κ3) is 4.96. The lowest BCUT2D eigenvalue weighted by Crippen LogP contribution is -2.50. The van der Waals surface area contributed by atoms with Crippen molar-refractivity contribution in [2.24, 2.45) is 11.8 Å². The summed E-state index contributed by atoms with van der Waals surface area (Å²) in [5, 5.41) is 10.3. The Morgan fingerprint density at radius 3 is 2.18 bits per heavy atom. The lowest BCUT2D eigenvalue weighted by molar-refractivity contribution is -0.161. The molecule has 11 heteroatoms. The van der Waals surface area contributed by atoms with Crippen LogP contribution in [-0.4, -0.2) is 82.9 Å². The molecule has 3 aliphatic rings. The minimum atomic E-state index is -2.74. The van der Waals surface area contributed by atoms with Crippen molar-refractivity contribution in [3.8, 4) is 0 Å². The molecule has 4 rings (SSSR count). The Hall–Kier alpha value is -2.13. The maximum atomic E-state index is 13.3. The quantitative estimate of drug-likeness (QED) is 0.649. The zero-order valence-corrected chi connectivity index (χ0v) is 20.2. The van der Waals surface area contributed by atoms with Gasteiger partial charge in [-0.3, -0.25) is 9.59 Å². The van der Waals surface area contributed by atoms with Crippen LogP contribution in [0.1, 0.15) is 37.2 Å². The van der Waals surface area contributed by atoms with Crippen molar-refractivity contribution in [2.45, 2.75) is 43.6 Å². The topological polar surface area (TPSA) is 81.2 Å². The zero-order valence-electron chi connectivity index (χ0n) is 18.7. The van der Waals surface area contributed by atoms with E-state index in [1.54, 1.807) is 28.0 Å². The molecule has 0 unspecified atom stereocenters. The molecular formula is C23H27Cl2F2N3O4. The van der Waals surface area contributed by atoms with Crippen LogP contribution >= 0.6 is 23.2 Å². The van der Waals surface area contributed by atoms with E-state index in [-0.39, 0.29) is 30.2 Å². The molecule has 2 atom stereocenters. The first-order valence-corrected chi connectivity index (χ1v) is 12.1. The number of hydrogen-bond donors (Lipinski definition) is 1. The Balaban J connectivity index is 1.40. The van der Waals surface area contributed by atoms with E-state index in [0.29, 0.717) is 42.5 Å². The van der Waals surface area contributed by atoms with Crippen molar-refractivity contribution in [1.82, 2.24) is 14.7 Å². The van der Waals surface area contributed by atoms with E-state index in [1.807, 2.05) is 0 Å². The van der Waals surface area contributed by atoms with E-state index in [2.05, 4.69) is 0 Å². The van der Waals surface area contributed by atoms with Crippen LogP contribution < -0.4 is 0 Å².